The van der Waals surface area contributed by atoms with Crippen LogP contribution >= 0.6 is 15.9 Å². The van der Waals surface area contributed by atoms with Crippen molar-refractivity contribution in [1.29, 1.82) is 0 Å². The molecule has 0 radical (unpaired) electrons. The standard InChI is InChI=1S/C13H15BrFN5O4S/c1-7-13(18-24-17-7)19(21)9-4-10(5-9)20(25(16,22)23)8-2-3-12(15)11(14)6-8/h2-3,6,9-10,21H,4-5H2,1H3,(H2,16,22,23). The lowest BCUT2D eigenvalue weighted by molar-refractivity contribution is 0.152. The molecule has 2 aromatic rings. The van der Waals surface area contributed by atoms with Gasteiger partial charge in [0.15, 0.2) is 0 Å². The van der Waals surface area contributed by atoms with E-state index in [0.29, 0.717) is 18.5 Å². The molecule has 1 aromatic heterocycles. The molecule has 1 aliphatic rings. The summed E-state index contributed by atoms with van der Waals surface area (Å²) in [5, 5.41) is 23.6. The van der Waals surface area contributed by atoms with Gasteiger partial charge in [0.1, 0.15) is 11.5 Å². The summed E-state index contributed by atoms with van der Waals surface area (Å²) in [4.78, 5) is 0. The van der Waals surface area contributed by atoms with Gasteiger partial charge in [0, 0.05) is 0 Å². The van der Waals surface area contributed by atoms with Crippen LogP contribution in [0.2, 0.25) is 0 Å². The van der Waals surface area contributed by atoms with Crippen molar-refractivity contribution in [1.82, 2.24) is 10.3 Å². The first-order valence-electron chi connectivity index (χ1n) is 7.23. The highest BCUT2D eigenvalue weighted by atomic mass is 79.9. The largest absolute Gasteiger partial charge is 0.299 e. The Bertz CT molecular complexity index is 886. The average molecular weight is 436 g/mol. The summed E-state index contributed by atoms with van der Waals surface area (Å²) in [5.74, 6) is -0.338. The number of nitrogens with two attached hydrogens (primary N) is 1. The summed E-state index contributed by atoms with van der Waals surface area (Å²) >= 11 is 3.03. The Hall–Kier alpha value is -1.76. The van der Waals surface area contributed by atoms with Crippen LogP contribution in [0.15, 0.2) is 27.3 Å². The van der Waals surface area contributed by atoms with Crippen molar-refractivity contribution in [3.63, 3.8) is 0 Å². The highest BCUT2D eigenvalue weighted by Gasteiger charge is 2.42. The molecule has 0 unspecified atom stereocenters. The Balaban J connectivity index is 1.79. The molecule has 0 amide bonds. The molecule has 0 bridgehead atoms. The van der Waals surface area contributed by atoms with E-state index in [2.05, 4.69) is 30.9 Å². The molecule has 0 saturated heterocycles. The van der Waals surface area contributed by atoms with E-state index in [9.17, 15) is 18.0 Å². The lowest BCUT2D eigenvalue weighted by atomic mass is 9.86. The third-order valence-electron chi connectivity index (χ3n) is 4.04. The normalized spacial score (nSPS) is 20.2. The van der Waals surface area contributed by atoms with Gasteiger partial charge in [-0.25, -0.2) is 19.2 Å². The zero-order chi connectivity index (χ0) is 18.4. The number of halogens is 2. The molecule has 1 heterocycles. The van der Waals surface area contributed by atoms with Crippen LogP contribution in [0.3, 0.4) is 0 Å². The summed E-state index contributed by atoms with van der Waals surface area (Å²) in [7, 11) is -4.08. The Morgan fingerprint density at radius 3 is 2.56 bits per heavy atom. The lowest BCUT2D eigenvalue weighted by Gasteiger charge is -2.44. The first kappa shape index (κ1) is 18.0. The van der Waals surface area contributed by atoms with Crippen LogP contribution in [0.4, 0.5) is 15.9 Å². The maximum absolute atomic E-state index is 13.4. The van der Waals surface area contributed by atoms with Gasteiger partial charge in [0.2, 0.25) is 5.82 Å². The first-order valence-corrected chi connectivity index (χ1v) is 9.52. The second kappa shape index (κ2) is 6.52. The number of hydrogen-bond acceptors (Lipinski definition) is 7. The van der Waals surface area contributed by atoms with Gasteiger partial charge in [0.25, 0.3) is 10.2 Å². The summed E-state index contributed by atoms with van der Waals surface area (Å²) in [6, 6.07) is 2.97. The van der Waals surface area contributed by atoms with E-state index < -0.39 is 22.1 Å². The van der Waals surface area contributed by atoms with Crippen LogP contribution in [-0.4, -0.2) is 36.0 Å². The molecular formula is C13H15BrFN5O4S. The Kier molecular flexibility index (Phi) is 4.70. The van der Waals surface area contributed by atoms with Crippen LogP contribution < -0.4 is 14.5 Å². The van der Waals surface area contributed by atoms with E-state index in [-0.39, 0.29) is 22.0 Å². The van der Waals surface area contributed by atoms with E-state index in [1.165, 1.54) is 12.1 Å². The molecule has 1 aromatic carbocycles. The molecule has 136 valence electrons. The van der Waals surface area contributed by atoms with Gasteiger partial charge in [-0.05, 0) is 59.1 Å². The van der Waals surface area contributed by atoms with E-state index in [1.54, 1.807) is 6.92 Å². The number of hydroxylamine groups is 1. The zero-order valence-corrected chi connectivity index (χ0v) is 15.4. The maximum atomic E-state index is 13.4. The Labute approximate surface area is 151 Å². The Morgan fingerprint density at radius 1 is 1.36 bits per heavy atom. The summed E-state index contributed by atoms with van der Waals surface area (Å²) < 4.78 is 43.1. The summed E-state index contributed by atoms with van der Waals surface area (Å²) in [6.45, 7) is 1.62. The van der Waals surface area contributed by atoms with Crippen molar-refractivity contribution in [3.8, 4) is 0 Å². The van der Waals surface area contributed by atoms with Crippen molar-refractivity contribution < 1.29 is 22.6 Å². The van der Waals surface area contributed by atoms with Gasteiger partial charge in [-0.15, -0.1) is 0 Å². The second-order valence-corrected chi connectivity index (χ2v) is 8.01. The van der Waals surface area contributed by atoms with Gasteiger partial charge in [0.05, 0.1) is 22.2 Å². The minimum Gasteiger partial charge on any atom is -0.287 e. The molecule has 3 N–H and O–H groups in total. The highest BCUT2D eigenvalue weighted by Crippen LogP contribution is 2.36. The molecule has 1 aliphatic carbocycles. The highest BCUT2D eigenvalue weighted by molar-refractivity contribution is 9.10. The Morgan fingerprint density at radius 2 is 2.04 bits per heavy atom. The predicted molar refractivity (Wildman–Crippen MR) is 89.8 cm³/mol. The number of aromatic nitrogens is 2. The fraction of sp³-hybridized carbons (Fsp3) is 0.385. The van der Waals surface area contributed by atoms with Crippen molar-refractivity contribution in [2.45, 2.75) is 31.8 Å². The molecular weight excluding hydrogens is 421 g/mol. The van der Waals surface area contributed by atoms with Crippen LogP contribution in [0.1, 0.15) is 18.5 Å². The first-order chi connectivity index (χ1) is 11.7. The van der Waals surface area contributed by atoms with Gasteiger partial charge < -0.3 is 0 Å². The van der Waals surface area contributed by atoms with E-state index in [1.807, 2.05) is 0 Å². The van der Waals surface area contributed by atoms with Gasteiger partial charge >= 0.3 is 0 Å². The molecule has 3 rings (SSSR count). The number of hydrogen-bond donors (Lipinski definition) is 2. The fourth-order valence-corrected chi connectivity index (χ4v) is 4.11. The molecule has 0 atom stereocenters. The van der Waals surface area contributed by atoms with Crippen LogP contribution in [-0.2, 0) is 10.2 Å². The number of nitrogens with zero attached hydrogens (tertiary/aromatic N) is 4. The lowest BCUT2D eigenvalue weighted by Crippen LogP contribution is -2.56. The predicted octanol–water partition coefficient (Wildman–Crippen LogP) is 1.72. The average Bonchev–Trinajstić information content (AvgIpc) is 2.90. The number of rotatable bonds is 5. The molecule has 12 heteroatoms. The topological polar surface area (TPSA) is 126 Å². The van der Waals surface area contributed by atoms with Gasteiger partial charge in [-0.1, -0.05) is 5.16 Å². The molecule has 9 nitrogen and oxygen atoms in total. The van der Waals surface area contributed by atoms with Crippen molar-refractivity contribution in [2.24, 2.45) is 5.14 Å². The molecule has 1 fully saturated rings. The molecule has 0 spiro atoms. The van der Waals surface area contributed by atoms with E-state index in [0.717, 1.165) is 15.4 Å². The summed E-state index contributed by atoms with van der Waals surface area (Å²) in [6.07, 6.45) is 0.600. The van der Waals surface area contributed by atoms with E-state index in [4.69, 9.17) is 5.14 Å². The second-order valence-electron chi connectivity index (χ2n) is 5.74. The monoisotopic (exact) mass is 435 g/mol. The molecule has 25 heavy (non-hydrogen) atoms. The minimum absolute atomic E-state index is 0.127. The smallest absolute Gasteiger partial charge is 0.287 e. The van der Waals surface area contributed by atoms with Crippen LogP contribution in [0, 0.1) is 12.7 Å². The number of aryl methyl sites for hydroxylation is 1. The number of benzene rings is 1. The molecule has 0 aliphatic heterocycles. The quantitative estimate of drug-likeness (QED) is 0.684. The minimum atomic E-state index is -4.08. The summed E-state index contributed by atoms with van der Waals surface area (Å²) in [5.41, 5.74) is 0.653. The van der Waals surface area contributed by atoms with Gasteiger partial charge in [-0.2, -0.15) is 8.42 Å². The third-order valence-corrected chi connectivity index (χ3v) is 5.71. The van der Waals surface area contributed by atoms with Crippen molar-refractivity contribution in [2.75, 3.05) is 9.37 Å². The van der Waals surface area contributed by atoms with Crippen molar-refractivity contribution >= 4 is 37.6 Å². The van der Waals surface area contributed by atoms with Crippen molar-refractivity contribution in [3.05, 3.63) is 34.2 Å². The van der Waals surface area contributed by atoms with E-state index >= 15 is 0 Å². The third kappa shape index (κ3) is 3.47. The maximum Gasteiger partial charge on any atom is 0.299 e. The number of anilines is 2. The fourth-order valence-electron chi connectivity index (χ4n) is 2.75. The van der Waals surface area contributed by atoms with Crippen LogP contribution in [0.25, 0.3) is 0 Å². The molecule has 1 saturated carbocycles. The SMILES string of the molecule is Cc1nonc1N(O)C1CC(N(c2ccc(F)c(Br)c2)S(N)(=O)=O)C1. The van der Waals surface area contributed by atoms with Gasteiger partial charge in [-0.3, -0.25) is 9.51 Å². The van der Waals surface area contributed by atoms with Crippen LogP contribution in [0.5, 0.6) is 0 Å². The zero-order valence-electron chi connectivity index (χ0n) is 13.0.